The molecule has 6 nitrogen and oxygen atoms in total. The van der Waals surface area contributed by atoms with Crippen LogP contribution in [0.2, 0.25) is 5.02 Å². The lowest BCUT2D eigenvalue weighted by Gasteiger charge is -2.38. The average molecular weight is 439 g/mol. The second kappa shape index (κ2) is 7.13. The van der Waals surface area contributed by atoms with E-state index in [1.54, 1.807) is 6.92 Å². The van der Waals surface area contributed by atoms with Crippen molar-refractivity contribution >= 4 is 29.2 Å². The molecular weight excluding hydrogens is 421 g/mol. The van der Waals surface area contributed by atoms with E-state index in [1.807, 2.05) is 5.32 Å². The summed E-state index contributed by atoms with van der Waals surface area (Å²) in [6.07, 6.45) is -1.96. The second-order valence-electron chi connectivity index (χ2n) is 7.56. The summed E-state index contributed by atoms with van der Waals surface area (Å²) >= 11 is 6.32. The van der Waals surface area contributed by atoms with E-state index in [4.69, 9.17) is 11.6 Å². The minimum Gasteiger partial charge on any atom is -0.371 e. The fraction of sp³-hybridized carbons (Fsp3) is 0.400. The van der Waals surface area contributed by atoms with Gasteiger partial charge in [0.05, 0.1) is 6.67 Å². The summed E-state index contributed by atoms with van der Waals surface area (Å²) in [4.78, 5) is 25.7. The predicted octanol–water partition coefficient (Wildman–Crippen LogP) is 3.44. The van der Waals surface area contributed by atoms with Gasteiger partial charge in [0.25, 0.3) is 0 Å². The lowest BCUT2D eigenvalue weighted by molar-refractivity contribution is -0.178. The van der Waals surface area contributed by atoms with E-state index in [0.29, 0.717) is 5.56 Å². The Kier molecular flexibility index (Phi) is 4.85. The van der Waals surface area contributed by atoms with Gasteiger partial charge in [0.15, 0.2) is 0 Å². The number of benzene rings is 1. The number of carbonyl (C=O) groups is 2. The molecule has 0 bridgehead atoms. The lowest BCUT2D eigenvalue weighted by atomic mass is 9.85. The third kappa shape index (κ3) is 3.67. The van der Waals surface area contributed by atoms with E-state index in [1.165, 1.54) is 17.0 Å². The summed E-state index contributed by atoms with van der Waals surface area (Å²) in [6.45, 7) is 2.06. The molecule has 0 radical (unpaired) electrons. The molecule has 0 saturated heterocycles. The summed E-state index contributed by atoms with van der Waals surface area (Å²) in [5.74, 6) is 4.56. The summed E-state index contributed by atoms with van der Waals surface area (Å²) in [5, 5.41) is 7.43. The van der Waals surface area contributed by atoms with Crippen molar-refractivity contribution in [3.8, 4) is 11.8 Å². The van der Waals surface area contributed by atoms with E-state index >= 15 is 0 Å². The third-order valence-electron chi connectivity index (χ3n) is 5.17. The summed E-state index contributed by atoms with van der Waals surface area (Å²) < 4.78 is 42.5. The normalized spacial score (nSPS) is 23.4. The highest BCUT2D eigenvalue weighted by molar-refractivity contribution is 6.31. The zero-order chi connectivity index (χ0) is 21.7. The number of amides is 3. The molecule has 1 atom stereocenters. The fourth-order valence-corrected chi connectivity index (χ4v) is 3.56. The number of hydrogen-bond acceptors (Lipinski definition) is 3. The van der Waals surface area contributed by atoms with Crippen molar-refractivity contribution in [1.29, 1.82) is 0 Å². The summed E-state index contributed by atoms with van der Waals surface area (Å²) in [7, 11) is 0. The molecule has 3 N–H and O–H groups in total. The number of rotatable bonds is 2. The smallest absolute Gasteiger partial charge is 0.371 e. The Morgan fingerprint density at radius 3 is 2.67 bits per heavy atom. The molecule has 1 saturated carbocycles. The zero-order valence-corrected chi connectivity index (χ0v) is 16.7. The van der Waals surface area contributed by atoms with E-state index in [-0.39, 0.29) is 41.3 Å². The molecule has 1 aromatic rings. The van der Waals surface area contributed by atoms with Gasteiger partial charge in [0.2, 0.25) is 11.4 Å². The Morgan fingerprint density at radius 2 is 2.03 bits per heavy atom. The molecule has 0 aromatic heterocycles. The Labute approximate surface area is 175 Å². The summed E-state index contributed by atoms with van der Waals surface area (Å²) in [5.41, 5.74) is -2.03. The number of anilines is 1. The van der Waals surface area contributed by atoms with Crippen LogP contribution < -0.4 is 16.0 Å². The molecule has 3 amide bonds. The number of hydrogen-bond donors (Lipinski definition) is 3. The van der Waals surface area contributed by atoms with Gasteiger partial charge in [-0.05, 0) is 37.5 Å². The number of halogens is 4. The highest BCUT2D eigenvalue weighted by atomic mass is 35.5. The molecule has 158 valence electrons. The minimum absolute atomic E-state index is 0.0373. The maximum absolute atomic E-state index is 14.2. The first kappa shape index (κ1) is 20.4. The van der Waals surface area contributed by atoms with Gasteiger partial charge in [-0.2, -0.15) is 13.2 Å². The van der Waals surface area contributed by atoms with Crippen LogP contribution in [-0.2, 0) is 16.9 Å². The number of urea groups is 1. The highest BCUT2D eigenvalue weighted by Gasteiger charge is 2.59. The van der Waals surface area contributed by atoms with Crippen molar-refractivity contribution in [2.24, 2.45) is 5.92 Å². The van der Waals surface area contributed by atoms with E-state index < -0.39 is 17.7 Å². The van der Waals surface area contributed by atoms with E-state index in [0.717, 1.165) is 24.6 Å². The van der Waals surface area contributed by atoms with Crippen LogP contribution in [0.3, 0.4) is 0 Å². The van der Waals surface area contributed by atoms with Gasteiger partial charge in [-0.1, -0.05) is 23.4 Å². The molecule has 4 rings (SSSR count). The first-order valence-electron chi connectivity index (χ1n) is 9.31. The average Bonchev–Trinajstić information content (AvgIpc) is 3.46. The van der Waals surface area contributed by atoms with Crippen molar-refractivity contribution in [2.75, 3.05) is 12.0 Å². The molecule has 30 heavy (non-hydrogen) atoms. The molecule has 1 aliphatic carbocycles. The van der Waals surface area contributed by atoms with Gasteiger partial charge < -0.3 is 20.9 Å². The molecule has 0 unspecified atom stereocenters. The van der Waals surface area contributed by atoms with Crippen LogP contribution >= 0.6 is 11.6 Å². The first-order valence-corrected chi connectivity index (χ1v) is 9.69. The molecular formula is C20H18ClF3N4O2. The number of carbonyl (C=O) groups excluding carboxylic acids is 2. The number of nitrogens with one attached hydrogen (secondary N) is 3. The molecule has 2 heterocycles. The van der Waals surface area contributed by atoms with Crippen molar-refractivity contribution in [3.63, 3.8) is 0 Å². The van der Waals surface area contributed by atoms with Crippen LogP contribution in [0, 0.1) is 17.8 Å². The van der Waals surface area contributed by atoms with Crippen LogP contribution in [0.25, 0.3) is 0 Å². The van der Waals surface area contributed by atoms with Gasteiger partial charge in [-0.15, -0.1) is 0 Å². The van der Waals surface area contributed by atoms with Crippen LogP contribution in [-0.4, -0.2) is 29.7 Å². The minimum atomic E-state index is -4.86. The quantitative estimate of drug-likeness (QED) is 0.619. The van der Waals surface area contributed by atoms with Gasteiger partial charge >= 0.3 is 12.2 Å². The maximum atomic E-state index is 14.2. The van der Waals surface area contributed by atoms with Gasteiger partial charge in [-0.25, -0.2) is 4.79 Å². The highest BCUT2D eigenvalue weighted by Crippen LogP contribution is 2.46. The predicted molar refractivity (Wildman–Crippen MR) is 104 cm³/mol. The number of alkyl halides is 3. The van der Waals surface area contributed by atoms with E-state index in [9.17, 15) is 22.8 Å². The van der Waals surface area contributed by atoms with Crippen molar-refractivity contribution in [1.82, 2.24) is 15.5 Å². The van der Waals surface area contributed by atoms with Gasteiger partial charge in [-0.3, -0.25) is 4.79 Å². The third-order valence-corrected chi connectivity index (χ3v) is 5.52. The molecule has 0 spiro atoms. The molecule has 2 aliphatic heterocycles. The number of allylic oxidation sites excluding steroid dienone is 1. The second-order valence-corrected chi connectivity index (χ2v) is 7.97. The lowest BCUT2D eigenvalue weighted by Crippen LogP contribution is -2.59. The maximum Gasteiger partial charge on any atom is 0.427 e. The SMILES string of the molecule is CC1=CC(=O)N(Cc2cc3c(cc2Cl)[C@@](C#CC2CC2)(C(F)(F)F)NC(=O)N3)CN1. The van der Waals surface area contributed by atoms with Crippen molar-refractivity contribution in [3.05, 3.63) is 40.1 Å². The monoisotopic (exact) mass is 438 g/mol. The van der Waals surface area contributed by atoms with Crippen molar-refractivity contribution < 1.29 is 22.8 Å². The topological polar surface area (TPSA) is 73.5 Å². The van der Waals surface area contributed by atoms with Crippen LogP contribution in [0.1, 0.15) is 30.9 Å². The molecule has 1 fully saturated rings. The van der Waals surface area contributed by atoms with Crippen LogP contribution in [0.15, 0.2) is 23.9 Å². The molecule has 3 aliphatic rings. The zero-order valence-electron chi connectivity index (χ0n) is 15.9. The van der Waals surface area contributed by atoms with Gasteiger partial charge in [0, 0.05) is 40.5 Å². The van der Waals surface area contributed by atoms with Crippen LogP contribution in [0.5, 0.6) is 0 Å². The standard InChI is InChI=1S/C20H18ClF3N4O2/c1-11-6-17(29)28(10-25-11)9-13-7-16-14(8-15(13)21)19(20(22,23)24,27-18(30)26-16)5-4-12-2-3-12/h6-8,12,25H,2-3,9-10H2,1H3,(H2,26,27,30)/t19-/m0/s1. The molecule has 10 heteroatoms. The Morgan fingerprint density at radius 1 is 1.30 bits per heavy atom. The Balaban J connectivity index is 1.75. The van der Waals surface area contributed by atoms with E-state index in [2.05, 4.69) is 22.5 Å². The first-order chi connectivity index (χ1) is 14.1. The Hall–Kier alpha value is -2.86. The fourth-order valence-electron chi connectivity index (χ4n) is 3.34. The number of fused-ring (bicyclic) bond motifs is 1. The summed E-state index contributed by atoms with van der Waals surface area (Å²) in [6, 6.07) is 1.53. The Bertz CT molecular complexity index is 1020. The largest absolute Gasteiger partial charge is 0.427 e. The van der Waals surface area contributed by atoms with Gasteiger partial charge in [0.1, 0.15) is 0 Å². The molecule has 1 aromatic carbocycles. The number of nitrogens with zero attached hydrogens (tertiary/aromatic N) is 1. The van der Waals surface area contributed by atoms with Crippen molar-refractivity contribution in [2.45, 2.75) is 38.0 Å². The van der Waals surface area contributed by atoms with Crippen LogP contribution in [0.4, 0.5) is 23.7 Å².